The number of benzene rings is 2. The van der Waals surface area contributed by atoms with Gasteiger partial charge in [0.1, 0.15) is 0 Å². The van der Waals surface area contributed by atoms with Crippen LogP contribution in [-0.2, 0) is 16.4 Å². The maximum absolute atomic E-state index is 13.0. The van der Waals surface area contributed by atoms with E-state index in [1.54, 1.807) is 16.4 Å². The Bertz CT molecular complexity index is 773. The molecule has 0 aromatic heterocycles. The number of hydrogen-bond acceptors (Lipinski definition) is 3. The summed E-state index contributed by atoms with van der Waals surface area (Å²) in [6.45, 7) is 3.28. The molecule has 0 aliphatic carbocycles. The van der Waals surface area contributed by atoms with Crippen LogP contribution in [0, 0.1) is 0 Å². The summed E-state index contributed by atoms with van der Waals surface area (Å²) in [5.41, 5.74) is 2.48. The number of rotatable bonds is 5. The minimum Gasteiger partial charge on any atom is -0.207 e. The Balaban J connectivity index is 1.72. The van der Waals surface area contributed by atoms with Gasteiger partial charge in [0, 0.05) is 24.1 Å². The highest BCUT2D eigenvalue weighted by Crippen LogP contribution is 2.35. The van der Waals surface area contributed by atoms with Crippen LogP contribution in [-0.4, -0.2) is 31.6 Å². The monoisotopic (exact) mass is 375 g/mol. The molecule has 1 aliphatic heterocycles. The van der Waals surface area contributed by atoms with Crippen LogP contribution in [0.1, 0.15) is 36.1 Å². The van der Waals surface area contributed by atoms with Crippen molar-refractivity contribution < 1.29 is 8.42 Å². The summed E-state index contributed by atoms with van der Waals surface area (Å²) in [7, 11) is -3.40. The van der Waals surface area contributed by atoms with Gasteiger partial charge in [-0.2, -0.15) is 16.1 Å². The van der Waals surface area contributed by atoms with Crippen molar-refractivity contribution in [2.24, 2.45) is 0 Å². The number of thioether (sulfide) groups is 1. The van der Waals surface area contributed by atoms with E-state index >= 15 is 0 Å². The molecule has 5 heteroatoms. The molecule has 1 saturated heterocycles. The van der Waals surface area contributed by atoms with E-state index in [0.29, 0.717) is 23.2 Å². The molecule has 1 aliphatic rings. The molecular formula is C20H25NO2S2. The summed E-state index contributed by atoms with van der Waals surface area (Å²) < 4.78 is 27.6. The number of aryl methyl sites for hydroxylation is 1. The van der Waals surface area contributed by atoms with E-state index in [-0.39, 0.29) is 0 Å². The third-order valence-corrected chi connectivity index (χ3v) is 7.81. The fraction of sp³-hybridized carbons (Fsp3) is 0.400. The molecule has 3 rings (SSSR count). The third kappa shape index (κ3) is 4.46. The quantitative estimate of drug-likeness (QED) is 0.772. The number of sulfonamides is 1. The summed E-state index contributed by atoms with van der Waals surface area (Å²) in [5, 5.41) is 0.369. The van der Waals surface area contributed by atoms with Crippen LogP contribution >= 0.6 is 11.8 Å². The molecule has 25 heavy (non-hydrogen) atoms. The van der Waals surface area contributed by atoms with Crippen molar-refractivity contribution in [1.29, 1.82) is 0 Å². The third-order valence-electron chi connectivity index (χ3n) is 4.57. The Morgan fingerprint density at radius 2 is 1.76 bits per heavy atom. The highest BCUT2D eigenvalue weighted by atomic mass is 32.2. The SMILES string of the molecule is CCCc1ccc(S(=O)(=O)N2CCSC(c3ccccc3)CC2)cc1. The molecular weight excluding hydrogens is 350 g/mol. The molecule has 0 radical (unpaired) electrons. The largest absolute Gasteiger partial charge is 0.243 e. The second-order valence-electron chi connectivity index (χ2n) is 6.36. The number of hydrogen-bond donors (Lipinski definition) is 0. The first-order valence-corrected chi connectivity index (χ1v) is 11.4. The molecule has 134 valence electrons. The van der Waals surface area contributed by atoms with Crippen LogP contribution in [0.15, 0.2) is 59.5 Å². The first-order chi connectivity index (χ1) is 12.1. The lowest BCUT2D eigenvalue weighted by Gasteiger charge is -2.20. The van der Waals surface area contributed by atoms with Gasteiger partial charge in [-0.25, -0.2) is 8.42 Å². The molecule has 1 atom stereocenters. The predicted molar refractivity (Wildman–Crippen MR) is 105 cm³/mol. The van der Waals surface area contributed by atoms with Crippen molar-refractivity contribution in [2.45, 2.75) is 36.3 Å². The zero-order chi connectivity index (χ0) is 17.7. The summed E-state index contributed by atoms with van der Waals surface area (Å²) in [4.78, 5) is 0.413. The van der Waals surface area contributed by atoms with E-state index in [2.05, 4.69) is 19.1 Å². The molecule has 0 saturated carbocycles. The zero-order valence-electron chi connectivity index (χ0n) is 14.6. The fourth-order valence-electron chi connectivity index (χ4n) is 3.19. The molecule has 0 spiro atoms. The van der Waals surface area contributed by atoms with Gasteiger partial charge in [0.05, 0.1) is 4.90 Å². The van der Waals surface area contributed by atoms with Gasteiger partial charge in [-0.1, -0.05) is 55.8 Å². The van der Waals surface area contributed by atoms with Crippen molar-refractivity contribution >= 4 is 21.8 Å². The average molecular weight is 376 g/mol. The maximum Gasteiger partial charge on any atom is 0.243 e. The summed E-state index contributed by atoms with van der Waals surface area (Å²) in [6.07, 6.45) is 2.90. The van der Waals surface area contributed by atoms with Gasteiger partial charge in [0.15, 0.2) is 0 Å². The fourth-order valence-corrected chi connectivity index (χ4v) is 5.99. The molecule has 0 bridgehead atoms. The first-order valence-electron chi connectivity index (χ1n) is 8.87. The summed E-state index contributed by atoms with van der Waals surface area (Å²) >= 11 is 1.86. The first kappa shape index (κ1) is 18.5. The van der Waals surface area contributed by atoms with Crippen LogP contribution in [0.2, 0.25) is 0 Å². The Morgan fingerprint density at radius 3 is 2.44 bits per heavy atom. The highest BCUT2D eigenvalue weighted by Gasteiger charge is 2.28. The van der Waals surface area contributed by atoms with Crippen LogP contribution in [0.4, 0.5) is 0 Å². The average Bonchev–Trinajstić information content (AvgIpc) is 2.90. The van der Waals surface area contributed by atoms with Crippen molar-refractivity contribution in [3.05, 3.63) is 65.7 Å². The molecule has 0 amide bonds. The second kappa shape index (κ2) is 8.39. The summed E-state index contributed by atoms with van der Waals surface area (Å²) in [6, 6.07) is 17.8. The van der Waals surface area contributed by atoms with E-state index in [9.17, 15) is 8.42 Å². The molecule has 1 heterocycles. The molecule has 3 nitrogen and oxygen atoms in total. The van der Waals surface area contributed by atoms with Crippen molar-refractivity contribution in [3.8, 4) is 0 Å². The minimum absolute atomic E-state index is 0.369. The van der Waals surface area contributed by atoms with E-state index < -0.39 is 10.0 Å². The van der Waals surface area contributed by atoms with Crippen molar-refractivity contribution in [2.75, 3.05) is 18.8 Å². The smallest absolute Gasteiger partial charge is 0.207 e. The lowest BCUT2D eigenvalue weighted by Crippen LogP contribution is -2.33. The van der Waals surface area contributed by atoms with E-state index in [1.807, 2.05) is 42.1 Å². The van der Waals surface area contributed by atoms with Gasteiger partial charge >= 0.3 is 0 Å². The molecule has 2 aromatic rings. The minimum atomic E-state index is -3.40. The van der Waals surface area contributed by atoms with Gasteiger partial charge in [0.25, 0.3) is 0 Å². The Hall–Kier alpha value is -1.30. The normalized spacial score (nSPS) is 19.5. The molecule has 0 N–H and O–H groups in total. The Morgan fingerprint density at radius 1 is 1.04 bits per heavy atom. The standard InChI is InChI=1S/C20H25NO2S2/c1-2-6-17-9-11-19(12-10-17)25(22,23)21-14-13-20(24-16-15-21)18-7-4-3-5-8-18/h3-5,7-12,20H,2,6,13-16H2,1H3. The van der Waals surface area contributed by atoms with Crippen molar-refractivity contribution in [3.63, 3.8) is 0 Å². The van der Waals surface area contributed by atoms with Gasteiger partial charge in [-0.3, -0.25) is 0 Å². The van der Waals surface area contributed by atoms with E-state index in [4.69, 9.17) is 0 Å². The molecule has 2 aromatic carbocycles. The second-order valence-corrected chi connectivity index (χ2v) is 9.61. The lowest BCUT2D eigenvalue weighted by molar-refractivity contribution is 0.428. The van der Waals surface area contributed by atoms with Crippen LogP contribution in [0.5, 0.6) is 0 Å². The van der Waals surface area contributed by atoms with Crippen LogP contribution in [0.25, 0.3) is 0 Å². The van der Waals surface area contributed by atoms with E-state index in [0.717, 1.165) is 25.0 Å². The Labute approximate surface area is 155 Å². The Kier molecular flexibility index (Phi) is 6.20. The highest BCUT2D eigenvalue weighted by molar-refractivity contribution is 7.99. The van der Waals surface area contributed by atoms with Crippen LogP contribution < -0.4 is 0 Å². The van der Waals surface area contributed by atoms with Gasteiger partial charge < -0.3 is 0 Å². The van der Waals surface area contributed by atoms with Gasteiger partial charge in [-0.05, 0) is 36.1 Å². The maximum atomic E-state index is 13.0. The molecule has 1 unspecified atom stereocenters. The lowest BCUT2D eigenvalue weighted by atomic mass is 10.1. The topological polar surface area (TPSA) is 37.4 Å². The van der Waals surface area contributed by atoms with Gasteiger partial charge in [-0.15, -0.1) is 0 Å². The van der Waals surface area contributed by atoms with Crippen molar-refractivity contribution in [1.82, 2.24) is 4.31 Å². The van der Waals surface area contributed by atoms with E-state index in [1.165, 1.54) is 11.1 Å². The van der Waals surface area contributed by atoms with Gasteiger partial charge in [0.2, 0.25) is 10.0 Å². The summed E-state index contributed by atoms with van der Waals surface area (Å²) in [5.74, 6) is 0.826. The zero-order valence-corrected chi connectivity index (χ0v) is 16.2. The molecule has 1 fully saturated rings. The van der Waals surface area contributed by atoms with Crippen LogP contribution in [0.3, 0.4) is 0 Å². The predicted octanol–water partition coefficient (Wildman–Crippen LogP) is 4.51. The number of nitrogens with zero attached hydrogens (tertiary/aromatic N) is 1.